The van der Waals surface area contributed by atoms with E-state index in [1.54, 1.807) is 17.6 Å². The molecule has 0 radical (unpaired) electrons. The van der Waals surface area contributed by atoms with E-state index in [9.17, 15) is 34.8 Å². The molecule has 3 aliphatic carbocycles. The van der Waals surface area contributed by atoms with Gasteiger partial charge in [-0.15, -0.1) is 11.3 Å². The number of aliphatic hydroxyl groups is 3. The van der Waals surface area contributed by atoms with Gasteiger partial charge in [-0.3, -0.25) is 14.4 Å². The first-order chi connectivity index (χ1) is 16.5. The van der Waals surface area contributed by atoms with Crippen molar-refractivity contribution in [3.63, 3.8) is 0 Å². The van der Waals surface area contributed by atoms with E-state index in [1.807, 2.05) is 19.0 Å². The molecule has 9 nitrogen and oxygen atoms in total. The van der Waals surface area contributed by atoms with Gasteiger partial charge >= 0.3 is 0 Å². The van der Waals surface area contributed by atoms with Crippen molar-refractivity contribution in [1.82, 2.24) is 4.98 Å². The number of fused-ring (bicyclic) bond motifs is 3. The SMILES string of the molecule is CC(=O)C1=C(O)[C@@]2(O)C(=O)C3=C(O)c4c(O)c(-c5nccs5)cc(N(C)C)c4C[C@H]3C[C@H]2CC1=O. The number of rotatable bonds is 3. The number of aromatic nitrogens is 1. The predicted octanol–water partition coefficient (Wildman–Crippen LogP) is 2.72. The van der Waals surface area contributed by atoms with Crippen LogP contribution in [0.25, 0.3) is 16.3 Å². The van der Waals surface area contributed by atoms with Gasteiger partial charge in [0.2, 0.25) is 5.78 Å². The highest BCUT2D eigenvalue weighted by Gasteiger charge is 2.60. The Kier molecular flexibility index (Phi) is 5.15. The molecule has 0 saturated heterocycles. The van der Waals surface area contributed by atoms with Gasteiger partial charge in [-0.2, -0.15) is 0 Å². The monoisotopic (exact) mass is 496 g/mol. The minimum absolute atomic E-state index is 0.0743. The molecule has 0 aliphatic heterocycles. The summed E-state index contributed by atoms with van der Waals surface area (Å²) in [5, 5.41) is 47.0. The second-order valence-corrected chi connectivity index (χ2v) is 10.4. The van der Waals surface area contributed by atoms with Crippen LogP contribution in [0.2, 0.25) is 0 Å². The molecule has 0 amide bonds. The topological polar surface area (TPSA) is 148 Å². The number of aromatic hydroxyl groups is 1. The second-order valence-electron chi connectivity index (χ2n) is 9.48. The van der Waals surface area contributed by atoms with Crippen molar-refractivity contribution in [2.24, 2.45) is 11.8 Å². The molecule has 1 fully saturated rings. The maximum atomic E-state index is 13.7. The fraction of sp³-hybridized carbons (Fsp3) is 0.360. The number of Topliss-reactive ketones (excluding diaryl/α,β-unsaturated/α-hetero) is 3. The number of hydrogen-bond acceptors (Lipinski definition) is 10. The Labute approximate surface area is 204 Å². The van der Waals surface area contributed by atoms with Gasteiger partial charge in [-0.25, -0.2) is 4.98 Å². The third kappa shape index (κ3) is 3.09. The zero-order valence-corrected chi connectivity index (χ0v) is 20.1. The Morgan fingerprint density at radius 1 is 1.20 bits per heavy atom. The number of benzene rings is 1. The number of anilines is 1. The molecule has 182 valence electrons. The fourth-order valence-electron chi connectivity index (χ4n) is 5.70. The molecule has 0 unspecified atom stereocenters. The lowest BCUT2D eigenvalue weighted by Crippen LogP contribution is -2.57. The molecule has 0 bridgehead atoms. The summed E-state index contributed by atoms with van der Waals surface area (Å²) in [6, 6.07) is 1.78. The standard InChI is InChI=1S/C25H24N2O7S/c1-10(28)17-16(29)8-12-6-11-7-13-15(27(2)3)9-14(24-26-4-5-35-24)20(30)19(13)21(31)18(11)23(33)25(12,34)22(17)32/h4-5,9,11-12,30-32,34H,6-8H2,1-3H3/t11-,12+,25-/m1/s1. The molecule has 3 aliphatic rings. The molecule has 4 N–H and O–H groups in total. The third-order valence-electron chi connectivity index (χ3n) is 7.29. The van der Waals surface area contributed by atoms with E-state index in [-0.39, 0.29) is 36.1 Å². The van der Waals surface area contributed by atoms with E-state index in [0.717, 1.165) is 12.6 Å². The summed E-state index contributed by atoms with van der Waals surface area (Å²) in [4.78, 5) is 44.3. The number of ketones is 3. The van der Waals surface area contributed by atoms with Crippen LogP contribution in [0, 0.1) is 11.8 Å². The van der Waals surface area contributed by atoms with E-state index in [0.29, 0.717) is 16.1 Å². The van der Waals surface area contributed by atoms with Crippen LogP contribution in [0.1, 0.15) is 30.9 Å². The van der Waals surface area contributed by atoms with Crippen molar-refractivity contribution in [2.75, 3.05) is 19.0 Å². The maximum absolute atomic E-state index is 13.7. The zero-order valence-electron chi connectivity index (χ0n) is 19.3. The first-order valence-electron chi connectivity index (χ1n) is 11.1. The number of aliphatic hydroxyl groups excluding tert-OH is 2. The van der Waals surface area contributed by atoms with Gasteiger partial charge in [-0.05, 0) is 37.3 Å². The second kappa shape index (κ2) is 7.76. The molecular weight excluding hydrogens is 472 g/mol. The lowest BCUT2D eigenvalue weighted by Gasteiger charge is -2.46. The maximum Gasteiger partial charge on any atom is 0.202 e. The van der Waals surface area contributed by atoms with Gasteiger partial charge < -0.3 is 25.3 Å². The number of phenolic OH excluding ortho intramolecular Hbond substituents is 1. The summed E-state index contributed by atoms with van der Waals surface area (Å²) >= 11 is 1.31. The summed E-state index contributed by atoms with van der Waals surface area (Å²) < 4.78 is 0. The molecular formula is C25H24N2O7S. The van der Waals surface area contributed by atoms with Crippen molar-refractivity contribution >= 4 is 40.1 Å². The first kappa shape index (κ1) is 23.3. The summed E-state index contributed by atoms with van der Waals surface area (Å²) in [5.41, 5.74) is -1.40. The van der Waals surface area contributed by atoms with E-state index >= 15 is 0 Å². The predicted molar refractivity (Wildman–Crippen MR) is 128 cm³/mol. The highest BCUT2D eigenvalue weighted by Crippen LogP contribution is 2.54. The number of allylic oxidation sites excluding steroid dienone is 1. The Balaban J connectivity index is 1.75. The molecule has 1 saturated carbocycles. The third-order valence-corrected chi connectivity index (χ3v) is 8.10. The van der Waals surface area contributed by atoms with Crippen LogP contribution in [-0.4, -0.2) is 62.5 Å². The molecule has 2 aromatic rings. The minimum atomic E-state index is -2.50. The van der Waals surface area contributed by atoms with Gasteiger partial charge in [0.1, 0.15) is 27.8 Å². The number of hydrogen-bond donors (Lipinski definition) is 4. The molecule has 0 spiro atoms. The Morgan fingerprint density at radius 2 is 1.91 bits per heavy atom. The van der Waals surface area contributed by atoms with E-state index in [2.05, 4.69) is 4.98 Å². The molecule has 35 heavy (non-hydrogen) atoms. The van der Waals surface area contributed by atoms with E-state index in [1.165, 1.54) is 11.3 Å². The van der Waals surface area contributed by atoms with Gasteiger partial charge in [-0.1, -0.05) is 0 Å². The fourth-order valence-corrected chi connectivity index (χ4v) is 6.35. The van der Waals surface area contributed by atoms with Gasteiger partial charge in [0.05, 0.1) is 11.1 Å². The smallest absolute Gasteiger partial charge is 0.202 e. The average molecular weight is 497 g/mol. The van der Waals surface area contributed by atoms with Crippen LogP contribution in [0.5, 0.6) is 5.75 Å². The highest BCUT2D eigenvalue weighted by molar-refractivity contribution is 7.13. The molecule has 5 rings (SSSR count). The summed E-state index contributed by atoms with van der Waals surface area (Å²) in [6.45, 7) is 1.08. The summed E-state index contributed by atoms with van der Waals surface area (Å²) in [6.07, 6.45) is 1.72. The lowest BCUT2D eigenvalue weighted by molar-refractivity contribution is -0.147. The number of carbonyl (C=O) groups is 3. The number of nitrogens with zero attached hydrogens (tertiary/aromatic N) is 2. The normalized spacial score (nSPS) is 25.8. The Hall–Kier alpha value is -3.50. The number of phenols is 1. The summed E-state index contributed by atoms with van der Waals surface area (Å²) in [5.74, 6) is -5.52. The quantitative estimate of drug-likeness (QED) is 0.471. The van der Waals surface area contributed by atoms with Crippen LogP contribution in [0.15, 0.2) is 34.5 Å². The van der Waals surface area contributed by atoms with Crippen molar-refractivity contribution in [1.29, 1.82) is 0 Å². The first-order valence-corrected chi connectivity index (χ1v) is 12.0. The van der Waals surface area contributed by atoms with Crippen molar-refractivity contribution < 1.29 is 34.8 Å². The van der Waals surface area contributed by atoms with E-state index < -0.39 is 51.9 Å². The average Bonchev–Trinajstić information content (AvgIpc) is 3.30. The van der Waals surface area contributed by atoms with Gasteiger partial charge in [0, 0.05) is 49.3 Å². The Bertz CT molecular complexity index is 1370. The van der Waals surface area contributed by atoms with Gasteiger partial charge in [0.25, 0.3) is 0 Å². The van der Waals surface area contributed by atoms with Crippen LogP contribution >= 0.6 is 11.3 Å². The number of thiazole rings is 1. The lowest BCUT2D eigenvalue weighted by atomic mass is 9.59. The largest absolute Gasteiger partial charge is 0.508 e. The molecule has 10 heteroatoms. The van der Waals surface area contributed by atoms with E-state index in [4.69, 9.17) is 0 Å². The molecule has 3 atom stereocenters. The minimum Gasteiger partial charge on any atom is -0.508 e. The highest BCUT2D eigenvalue weighted by atomic mass is 32.1. The van der Waals surface area contributed by atoms with Crippen LogP contribution < -0.4 is 4.90 Å². The molecule has 1 heterocycles. The van der Waals surface area contributed by atoms with Crippen molar-refractivity contribution in [3.05, 3.63) is 45.7 Å². The Morgan fingerprint density at radius 3 is 2.51 bits per heavy atom. The molecule has 1 aromatic heterocycles. The van der Waals surface area contributed by atoms with Crippen LogP contribution in [0.4, 0.5) is 5.69 Å². The van der Waals surface area contributed by atoms with Crippen LogP contribution in [0.3, 0.4) is 0 Å². The van der Waals surface area contributed by atoms with Gasteiger partial charge in [0.15, 0.2) is 17.2 Å². The van der Waals surface area contributed by atoms with Crippen molar-refractivity contribution in [3.8, 4) is 16.3 Å². The molecule has 1 aromatic carbocycles. The van der Waals surface area contributed by atoms with Crippen molar-refractivity contribution in [2.45, 2.75) is 31.8 Å². The number of carbonyl (C=O) groups excluding carboxylic acids is 3. The van der Waals surface area contributed by atoms with Crippen LogP contribution in [-0.2, 0) is 20.8 Å². The zero-order chi connectivity index (χ0) is 25.4. The summed E-state index contributed by atoms with van der Waals surface area (Å²) in [7, 11) is 3.65.